The summed E-state index contributed by atoms with van der Waals surface area (Å²) >= 11 is 0. The van der Waals surface area contributed by atoms with Gasteiger partial charge in [0.05, 0.1) is 6.54 Å². The van der Waals surface area contributed by atoms with Crippen molar-refractivity contribution in [3.05, 3.63) is 30.1 Å². The molecule has 1 aliphatic rings. The van der Waals surface area contributed by atoms with Crippen molar-refractivity contribution < 1.29 is 0 Å². The monoisotopic (exact) mass is 286 g/mol. The number of rotatable bonds is 7. The Morgan fingerprint density at radius 1 is 1.24 bits per heavy atom. The number of nitrogens with zero attached hydrogens (tertiary/aromatic N) is 4. The summed E-state index contributed by atoms with van der Waals surface area (Å²) in [5, 5.41) is 6.70. The molecule has 1 saturated carbocycles. The SMILES string of the molecule is CCCNc1cc(NCc2nccn2C)nc(C2CC2)n1. The fraction of sp³-hybridized carbons (Fsp3) is 0.533. The van der Waals surface area contributed by atoms with Crippen LogP contribution in [0.25, 0.3) is 0 Å². The molecule has 0 bridgehead atoms. The summed E-state index contributed by atoms with van der Waals surface area (Å²) in [4.78, 5) is 13.6. The van der Waals surface area contributed by atoms with Gasteiger partial charge in [0.25, 0.3) is 0 Å². The van der Waals surface area contributed by atoms with E-state index < -0.39 is 0 Å². The fourth-order valence-corrected chi connectivity index (χ4v) is 2.16. The van der Waals surface area contributed by atoms with Gasteiger partial charge < -0.3 is 15.2 Å². The van der Waals surface area contributed by atoms with Crippen LogP contribution >= 0.6 is 0 Å². The molecule has 0 saturated heterocycles. The minimum Gasteiger partial charge on any atom is -0.370 e. The van der Waals surface area contributed by atoms with Crippen molar-refractivity contribution in [3.8, 4) is 0 Å². The quantitative estimate of drug-likeness (QED) is 0.818. The Morgan fingerprint density at radius 3 is 2.62 bits per heavy atom. The number of nitrogens with one attached hydrogen (secondary N) is 2. The summed E-state index contributed by atoms with van der Waals surface area (Å²) in [6.45, 7) is 3.74. The normalized spacial score (nSPS) is 14.2. The maximum atomic E-state index is 4.63. The fourth-order valence-electron chi connectivity index (χ4n) is 2.16. The predicted octanol–water partition coefficient (Wildman–Crippen LogP) is 2.52. The highest BCUT2D eigenvalue weighted by Gasteiger charge is 2.27. The lowest BCUT2D eigenvalue weighted by atomic mass is 10.3. The molecule has 2 aromatic rings. The van der Waals surface area contributed by atoms with E-state index in [1.54, 1.807) is 6.20 Å². The maximum Gasteiger partial charge on any atom is 0.136 e. The molecule has 6 heteroatoms. The van der Waals surface area contributed by atoms with Crippen molar-refractivity contribution in [2.75, 3.05) is 17.2 Å². The first-order chi connectivity index (χ1) is 10.3. The Bertz CT molecular complexity index is 602. The average molecular weight is 286 g/mol. The van der Waals surface area contributed by atoms with Crippen molar-refractivity contribution in [1.29, 1.82) is 0 Å². The second-order valence-corrected chi connectivity index (χ2v) is 5.51. The number of anilines is 2. The molecule has 6 nitrogen and oxygen atoms in total. The van der Waals surface area contributed by atoms with Crippen LogP contribution < -0.4 is 10.6 Å². The van der Waals surface area contributed by atoms with Crippen LogP contribution in [0.5, 0.6) is 0 Å². The zero-order valence-corrected chi connectivity index (χ0v) is 12.6. The summed E-state index contributed by atoms with van der Waals surface area (Å²) < 4.78 is 2.01. The summed E-state index contributed by atoms with van der Waals surface area (Å²) in [7, 11) is 1.99. The first-order valence-electron chi connectivity index (χ1n) is 7.59. The molecule has 0 aliphatic heterocycles. The Kier molecular flexibility index (Phi) is 4.03. The highest BCUT2D eigenvalue weighted by Crippen LogP contribution is 2.38. The smallest absolute Gasteiger partial charge is 0.136 e. The van der Waals surface area contributed by atoms with Crippen molar-refractivity contribution >= 4 is 11.6 Å². The van der Waals surface area contributed by atoms with E-state index in [0.29, 0.717) is 12.5 Å². The molecule has 0 aromatic carbocycles. The molecule has 2 aromatic heterocycles. The molecule has 1 aliphatic carbocycles. The van der Waals surface area contributed by atoms with E-state index in [0.717, 1.165) is 36.3 Å². The molecule has 1 fully saturated rings. The maximum absolute atomic E-state index is 4.63. The van der Waals surface area contributed by atoms with Gasteiger partial charge in [-0.1, -0.05) is 6.92 Å². The summed E-state index contributed by atoms with van der Waals surface area (Å²) in [6.07, 6.45) is 7.24. The topological polar surface area (TPSA) is 67.7 Å². The van der Waals surface area contributed by atoms with Crippen molar-refractivity contribution in [2.45, 2.75) is 38.6 Å². The minimum absolute atomic E-state index is 0.544. The highest BCUT2D eigenvalue weighted by molar-refractivity contribution is 5.48. The number of hydrogen-bond donors (Lipinski definition) is 2. The molecular formula is C15H22N6. The molecule has 0 amide bonds. The third-order valence-corrected chi connectivity index (χ3v) is 3.59. The van der Waals surface area contributed by atoms with Crippen LogP contribution in [-0.4, -0.2) is 26.1 Å². The molecule has 112 valence electrons. The van der Waals surface area contributed by atoms with Crippen LogP contribution in [-0.2, 0) is 13.6 Å². The number of aromatic nitrogens is 4. The third-order valence-electron chi connectivity index (χ3n) is 3.59. The Hall–Kier alpha value is -2.11. The van der Waals surface area contributed by atoms with E-state index in [-0.39, 0.29) is 0 Å². The Labute approximate surface area is 125 Å². The van der Waals surface area contributed by atoms with Crippen molar-refractivity contribution in [2.24, 2.45) is 7.05 Å². The van der Waals surface area contributed by atoms with Crippen molar-refractivity contribution in [1.82, 2.24) is 19.5 Å². The molecule has 3 rings (SSSR count). The molecule has 2 heterocycles. The first kappa shape index (κ1) is 13.9. The number of hydrogen-bond acceptors (Lipinski definition) is 5. The number of aryl methyl sites for hydroxylation is 1. The number of imidazole rings is 1. The summed E-state index contributed by atoms with van der Waals surface area (Å²) in [5.41, 5.74) is 0. The molecule has 21 heavy (non-hydrogen) atoms. The van der Waals surface area contributed by atoms with Crippen LogP contribution in [0.4, 0.5) is 11.6 Å². The largest absolute Gasteiger partial charge is 0.370 e. The highest BCUT2D eigenvalue weighted by atomic mass is 15.1. The van der Waals surface area contributed by atoms with Crippen LogP contribution in [0, 0.1) is 0 Å². The van der Waals surface area contributed by atoms with Crippen LogP contribution in [0.2, 0.25) is 0 Å². The zero-order valence-electron chi connectivity index (χ0n) is 12.6. The van der Waals surface area contributed by atoms with E-state index in [4.69, 9.17) is 0 Å². The van der Waals surface area contributed by atoms with Gasteiger partial charge in [-0.25, -0.2) is 15.0 Å². The van der Waals surface area contributed by atoms with Gasteiger partial charge in [-0.2, -0.15) is 0 Å². The average Bonchev–Trinajstić information content (AvgIpc) is 3.26. The summed E-state index contributed by atoms with van der Waals surface area (Å²) in [6, 6.07) is 1.98. The van der Waals surface area contributed by atoms with Gasteiger partial charge in [0.15, 0.2) is 0 Å². The molecular weight excluding hydrogens is 264 g/mol. The lowest BCUT2D eigenvalue weighted by Gasteiger charge is -2.11. The predicted molar refractivity (Wildman–Crippen MR) is 83.3 cm³/mol. The van der Waals surface area contributed by atoms with Gasteiger partial charge in [0, 0.05) is 38.0 Å². The van der Waals surface area contributed by atoms with Crippen LogP contribution in [0.3, 0.4) is 0 Å². The van der Waals surface area contributed by atoms with Gasteiger partial charge in [-0.15, -0.1) is 0 Å². The second kappa shape index (κ2) is 6.11. The van der Waals surface area contributed by atoms with Gasteiger partial charge >= 0.3 is 0 Å². The van der Waals surface area contributed by atoms with Gasteiger partial charge in [0.2, 0.25) is 0 Å². The minimum atomic E-state index is 0.544. The lowest BCUT2D eigenvalue weighted by Crippen LogP contribution is -2.10. The van der Waals surface area contributed by atoms with E-state index in [9.17, 15) is 0 Å². The molecule has 2 N–H and O–H groups in total. The standard InChI is InChI=1S/C15H22N6/c1-3-6-16-12-9-13(20-15(19-12)11-4-5-11)18-10-14-17-7-8-21(14)2/h7-9,11H,3-6,10H2,1-2H3,(H2,16,18,19,20). The van der Waals surface area contributed by atoms with E-state index in [2.05, 4.69) is 32.5 Å². The van der Waals surface area contributed by atoms with Gasteiger partial charge in [0.1, 0.15) is 23.3 Å². The van der Waals surface area contributed by atoms with Gasteiger partial charge in [-0.05, 0) is 19.3 Å². The van der Waals surface area contributed by atoms with E-state index >= 15 is 0 Å². The van der Waals surface area contributed by atoms with Crippen LogP contribution in [0.1, 0.15) is 43.8 Å². The molecule has 0 unspecified atom stereocenters. The molecule has 0 radical (unpaired) electrons. The lowest BCUT2D eigenvalue weighted by molar-refractivity contribution is 0.808. The van der Waals surface area contributed by atoms with Crippen LogP contribution in [0.15, 0.2) is 18.5 Å². The molecule has 0 atom stereocenters. The Balaban J connectivity index is 1.73. The Morgan fingerprint density at radius 2 is 2.00 bits per heavy atom. The zero-order chi connectivity index (χ0) is 14.7. The molecule has 0 spiro atoms. The second-order valence-electron chi connectivity index (χ2n) is 5.51. The van der Waals surface area contributed by atoms with Gasteiger partial charge in [-0.3, -0.25) is 0 Å². The third kappa shape index (κ3) is 3.51. The van der Waals surface area contributed by atoms with E-state index in [1.807, 2.05) is 23.9 Å². The summed E-state index contributed by atoms with van der Waals surface area (Å²) in [5.74, 6) is 4.27. The van der Waals surface area contributed by atoms with Crippen molar-refractivity contribution in [3.63, 3.8) is 0 Å². The van der Waals surface area contributed by atoms with E-state index in [1.165, 1.54) is 12.8 Å². The first-order valence-corrected chi connectivity index (χ1v) is 7.59.